The molecule has 1 aromatic rings. The molecule has 23 heavy (non-hydrogen) atoms. The van der Waals surface area contributed by atoms with Crippen molar-refractivity contribution in [3.63, 3.8) is 0 Å². The molecule has 7 nitrogen and oxygen atoms in total. The van der Waals surface area contributed by atoms with Gasteiger partial charge in [0.1, 0.15) is 0 Å². The third kappa shape index (κ3) is 4.65. The molecule has 0 spiro atoms. The van der Waals surface area contributed by atoms with Crippen LogP contribution in [0.25, 0.3) is 0 Å². The van der Waals surface area contributed by atoms with Crippen LogP contribution in [0.3, 0.4) is 0 Å². The zero-order valence-electron chi connectivity index (χ0n) is 13.4. The molecule has 0 bridgehead atoms. The summed E-state index contributed by atoms with van der Waals surface area (Å²) in [6.45, 7) is 4.27. The minimum Gasteiger partial charge on any atom is -0.340 e. The highest BCUT2D eigenvalue weighted by molar-refractivity contribution is 5.85. The van der Waals surface area contributed by atoms with Crippen molar-refractivity contribution in [3.05, 3.63) is 11.7 Å². The summed E-state index contributed by atoms with van der Waals surface area (Å²) in [7, 11) is 0. The van der Waals surface area contributed by atoms with Crippen LogP contribution < -0.4 is 5.73 Å². The third-order valence-electron chi connectivity index (χ3n) is 4.69. The molecule has 1 saturated heterocycles. The molecule has 130 valence electrons. The number of carbonyl (C=O) groups excluding carboxylic acids is 1. The highest BCUT2D eigenvalue weighted by Gasteiger charge is 2.28. The fourth-order valence-electron chi connectivity index (χ4n) is 3.37. The van der Waals surface area contributed by atoms with Gasteiger partial charge in [0, 0.05) is 32.1 Å². The van der Waals surface area contributed by atoms with Crippen molar-refractivity contribution in [2.24, 2.45) is 11.7 Å². The number of amides is 1. The van der Waals surface area contributed by atoms with Gasteiger partial charge in [-0.25, -0.2) is 0 Å². The zero-order valence-corrected chi connectivity index (χ0v) is 14.3. The lowest BCUT2D eigenvalue weighted by atomic mass is 9.88. The fourth-order valence-corrected chi connectivity index (χ4v) is 3.37. The maximum atomic E-state index is 12.5. The van der Waals surface area contributed by atoms with Crippen molar-refractivity contribution in [2.75, 3.05) is 26.2 Å². The predicted octanol–water partition coefficient (Wildman–Crippen LogP) is 1.17. The van der Waals surface area contributed by atoms with Crippen LogP contribution >= 0.6 is 12.4 Å². The Morgan fingerprint density at radius 3 is 2.48 bits per heavy atom. The number of hydrogen-bond donors (Lipinski definition) is 1. The predicted molar refractivity (Wildman–Crippen MR) is 87.9 cm³/mol. The molecule has 1 saturated carbocycles. The minimum atomic E-state index is 0. The Bertz CT molecular complexity index is 496. The maximum absolute atomic E-state index is 12.5. The standard InChI is InChI=1S/C15H25N5O2.ClH/c16-10-14-17-13(18-22-14)11-19-6-8-20(9-7-19)15(21)12-4-2-1-3-5-12;/h12H,1-11,16H2;1H. The largest absolute Gasteiger partial charge is 0.340 e. The van der Waals surface area contributed by atoms with Crippen molar-refractivity contribution in [2.45, 2.75) is 45.2 Å². The lowest BCUT2D eigenvalue weighted by Gasteiger charge is -2.36. The quantitative estimate of drug-likeness (QED) is 0.883. The average molecular weight is 344 g/mol. The summed E-state index contributed by atoms with van der Waals surface area (Å²) in [4.78, 5) is 21.0. The van der Waals surface area contributed by atoms with E-state index in [0.717, 1.165) is 39.0 Å². The van der Waals surface area contributed by atoms with Crippen molar-refractivity contribution in [1.82, 2.24) is 19.9 Å². The van der Waals surface area contributed by atoms with E-state index in [2.05, 4.69) is 15.0 Å². The molecule has 1 aliphatic heterocycles. The van der Waals surface area contributed by atoms with Gasteiger partial charge in [0.2, 0.25) is 11.8 Å². The Kier molecular flexibility index (Phi) is 6.80. The minimum absolute atomic E-state index is 0. The number of hydrogen-bond acceptors (Lipinski definition) is 6. The van der Waals surface area contributed by atoms with Gasteiger partial charge in [0.05, 0.1) is 13.1 Å². The number of aromatic nitrogens is 2. The van der Waals surface area contributed by atoms with Crippen molar-refractivity contribution in [1.29, 1.82) is 0 Å². The van der Waals surface area contributed by atoms with E-state index in [1.54, 1.807) is 0 Å². The normalized spacial score (nSPS) is 20.3. The Balaban J connectivity index is 0.00000192. The molecule has 8 heteroatoms. The van der Waals surface area contributed by atoms with Crippen LogP contribution in [-0.2, 0) is 17.9 Å². The number of rotatable bonds is 4. The molecule has 0 aromatic carbocycles. The topological polar surface area (TPSA) is 88.5 Å². The van der Waals surface area contributed by atoms with E-state index in [0.29, 0.717) is 24.2 Å². The molecular weight excluding hydrogens is 318 g/mol. The number of nitrogens with zero attached hydrogens (tertiary/aromatic N) is 4. The average Bonchev–Trinajstić information content (AvgIpc) is 3.03. The number of halogens is 1. The van der Waals surface area contributed by atoms with E-state index in [9.17, 15) is 4.79 Å². The zero-order chi connectivity index (χ0) is 15.4. The lowest BCUT2D eigenvalue weighted by Crippen LogP contribution is -2.50. The van der Waals surface area contributed by atoms with E-state index in [1.807, 2.05) is 4.90 Å². The number of nitrogens with two attached hydrogens (primary N) is 1. The first-order valence-corrected chi connectivity index (χ1v) is 8.29. The molecule has 0 atom stereocenters. The van der Waals surface area contributed by atoms with E-state index < -0.39 is 0 Å². The number of carbonyl (C=O) groups is 1. The first kappa shape index (κ1) is 18.2. The van der Waals surface area contributed by atoms with E-state index in [4.69, 9.17) is 10.3 Å². The summed E-state index contributed by atoms with van der Waals surface area (Å²) >= 11 is 0. The molecule has 1 aliphatic carbocycles. The monoisotopic (exact) mass is 343 g/mol. The van der Waals surface area contributed by atoms with Gasteiger partial charge < -0.3 is 15.2 Å². The molecular formula is C15H26ClN5O2. The van der Waals surface area contributed by atoms with Crippen molar-refractivity contribution < 1.29 is 9.32 Å². The van der Waals surface area contributed by atoms with Crippen molar-refractivity contribution >= 4 is 18.3 Å². The lowest BCUT2D eigenvalue weighted by molar-refractivity contribution is -0.138. The van der Waals surface area contributed by atoms with Gasteiger partial charge in [0.15, 0.2) is 5.82 Å². The summed E-state index contributed by atoms with van der Waals surface area (Å²) in [5.74, 6) is 1.78. The van der Waals surface area contributed by atoms with Gasteiger partial charge in [-0.3, -0.25) is 9.69 Å². The van der Waals surface area contributed by atoms with Gasteiger partial charge in [-0.1, -0.05) is 24.4 Å². The van der Waals surface area contributed by atoms with Crippen LogP contribution in [0.5, 0.6) is 0 Å². The summed E-state index contributed by atoms with van der Waals surface area (Å²) in [5.41, 5.74) is 5.46. The van der Waals surface area contributed by atoms with Gasteiger partial charge in [-0.05, 0) is 12.8 Å². The molecule has 0 unspecified atom stereocenters. The second-order valence-electron chi connectivity index (χ2n) is 6.24. The van der Waals surface area contributed by atoms with Gasteiger partial charge in [-0.2, -0.15) is 4.98 Å². The first-order chi connectivity index (χ1) is 10.8. The van der Waals surface area contributed by atoms with Crippen LogP contribution in [0.4, 0.5) is 0 Å². The third-order valence-corrected chi connectivity index (χ3v) is 4.69. The molecule has 3 rings (SSSR count). The molecule has 1 aromatic heterocycles. The van der Waals surface area contributed by atoms with Gasteiger partial charge in [-0.15, -0.1) is 12.4 Å². The van der Waals surface area contributed by atoms with Crippen LogP contribution in [0.15, 0.2) is 4.52 Å². The van der Waals surface area contributed by atoms with Crippen LogP contribution in [0.2, 0.25) is 0 Å². The summed E-state index contributed by atoms with van der Waals surface area (Å²) in [6, 6.07) is 0. The Morgan fingerprint density at radius 2 is 1.87 bits per heavy atom. The van der Waals surface area contributed by atoms with Crippen LogP contribution in [-0.4, -0.2) is 52.0 Å². The van der Waals surface area contributed by atoms with E-state index in [-0.39, 0.29) is 24.9 Å². The molecule has 2 aliphatic rings. The summed E-state index contributed by atoms with van der Waals surface area (Å²) < 4.78 is 5.02. The SMILES string of the molecule is Cl.NCc1nc(CN2CCN(C(=O)C3CCCCC3)CC2)no1. The van der Waals surface area contributed by atoms with E-state index in [1.165, 1.54) is 19.3 Å². The Hall–Kier alpha value is -1.18. The maximum Gasteiger partial charge on any atom is 0.240 e. The highest BCUT2D eigenvalue weighted by atomic mass is 35.5. The molecule has 2 fully saturated rings. The van der Waals surface area contributed by atoms with Crippen LogP contribution in [0.1, 0.15) is 43.8 Å². The second-order valence-corrected chi connectivity index (χ2v) is 6.24. The molecule has 2 heterocycles. The molecule has 1 amide bonds. The smallest absolute Gasteiger partial charge is 0.240 e. The van der Waals surface area contributed by atoms with Crippen molar-refractivity contribution in [3.8, 4) is 0 Å². The summed E-state index contributed by atoms with van der Waals surface area (Å²) in [6.07, 6.45) is 5.84. The van der Waals surface area contributed by atoms with Gasteiger partial charge in [0.25, 0.3) is 0 Å². The first-order valence-electron chi connectivity index (χ1n) is 8.29. The molecule has 0 radical (unpaired) electrons. The van der Waals surface area contributed by atoms with Gasteiger partial charge >= 0.3 is 0 Å². The highest BCUT2D eigenvalue weighted by Crippen LogP contribution is 2.25. The molecule has 2 N–H and O–H groups in total. The Morgan fingerprint density at radius 1 is 1.17 bits per heavy atom. The van der Waals surface area contributed by atoms with Crippen LogP contribution in [0, 0.1) is 5.92 Å². The van der Waals surface area contributed by atoms with E-state index >= 15 is 0 Å². The fraction of sp³-hybridized carbons (Fsp3) is 0.800. The Labute approximate surface area is 143 Å². The second kappa shape index (κ2) is 8.61. The summed E-state index contributed by atoms with van der Waals surface area (Å²) in [5, 5.41) is 3.92. The number of piperazine rings is 1.